The van der Waals surface area contributed by atoms with Crippen molar-refractivity contribution in [3.63, 3.8) is 0 Å². The van der Waals surface area contributed by atoms with Crippen molar-refractivity contribution in [2.75, 3.05) is 6.61 Å². The summed E-state index contributed by atoms with van der Waals surface area (Å²) in [7, 11) is -9.23. The van der Waals surface area contributed by atoms with Gasteiger partial charge in [-0.3, -0.25) is 9.11 Å². The zero-order chi connectivity index (χ0) is 14.1. The number of aliphatic hydroxyl groups excluding tert-OH is 1. The molecule has 0 amide bonds. The SMILES string of the molecule is Cc1cc(CCO)c(S(=O)(=O)O)cc1S(=O)(=O)O. The second-order valence-corrected chi connectivity index (χ2v) is 6.43. The first-order valence-corrected chi connectivity index (χ1v) is 7.64. The minimum atomic E-state index is -4.64. The van der Waals surface area contributed by atoms with E-state index in [4.69, 9.17) is 14.2 Å². The van der Waals surface area contributed by atoms with Crippen molar-refractivity contribution in [3.8, 4) is 0 Å². The Kier molecular flexibility index (Phi) is 4.13. The molecule has 0 aliphatic carbocycles. The highest BCUT2D eigenvalue weighted by Gasteiger charge is 2.22. The lowest BCUT2D eigenvalue weighted by Crippen LogP contribution is -2.09. The molecule has 1 aromatic carbocycles. The molecule has 7 nitrogen and oxygen atoms in total. The van der Waals surface area contributed by atoms with Crippen LogP contribution in [0.1, 0.15) is 11.1 Å². The number of benzene rings is 1. The Bertz CT molecular complexity index is 658. The van der Waals surface area contributed by atoms with Gasteiger partial charge in [-0.1, -0.05) is 6.07 Å². The van der Waals surface area contributed by atoms with E-state index in [9.17, 15) is 16.8 Å². The van der Waals surface area contributed by atoms with Gasteiger partial charge in [-0.2, -0.15) is 16.8 Å². The first-order chi connectivity index (χ1) is 8.07. The third-order valence-electron chi connectivity index (χ3n) is 2.30. The third-order valence-corrected chi connectivity index (χ3v) is 4.23. The van der Waals surface area contributed by atoms with Crippen molar-refractivity contribution in [2.24, 2.45) is 0 Å². The fourth-order valence-electron chi connectivity index (χ4n) is 1.56. The van der Waals surface area contributed by atoms with Crippen LogP contribution in [0.3, 0.4) is 0 Å². The molecule has 0 fully saturated rings. The molecular weight excluding hydrogens is 284 g/mol. The predicted molar refractivity (Wildman–Crippen MR) is 61.6 cm³/mol. The Hall–Kier alpha value is -1.00. The summed E-state index contributed by atoms with van der Waals surface area (Å²) in [6, 6.07) is 1.85. The van der Waals surface area contributed by atoms with Crippen molar-refractivity contribution in [3.05, 3.63) is 23.3 Å². The first-order valence-electron chi connectivity index (χ1n) is 4.76. The van der Waals surface area contributed by atoms with E-state index >= 15 is 0 Å². The average molecular weight is 296 g/mol. The molecule has 0 unspecified atom stereocenters. The van der Waals surface area contributed by atoms with Crippen LogP contribution in [-0.4, -0.2) is 37.7 Å². The van der Waals surface area contributed by atoms with Gasteiger partial charge in [-0.15, -0.1) is 0 Å². The molecule has 9 heteroatoms. The van der Waals surface area contributed by atoms with Gasteiger partial charge in [0, 0.05) is 6.61 Å². The van der Waals surface area contributed by atoms with Crippen LogP contribution >= 0.6 is 0 Å². The van der Waals surface area contributed by atoms with Crippen molar-refractivity contribution in [1.82, 2.24) is 0 Å². The van der Waals surface area contributed by atoms with Gasteiger partial charge in [-0.05, 0) is 30.5 Å². The Labute approximate surface area is 105 Å². The molecule has 102 valence electrons. The van der Waals surface area contributed by atoms with Gasteiger partial charge in [0.1, 0.15) is 0 Å². The van der Waals surface area contributed by atoms with Crippen LogP contribution < -0.4 is 0 Å². The zero-order valence-electron chi connectivity index (χ0n) is 9.36. The van der Waals surface area contributed by atoms with Crippen molar-refractivity contribution < 1.29 is 31.0 Å². The predicted octanol–water partition coefficient (Wildman–Crippen LogP) is 0.0232. The summed E-state index contributed by atoms with van der Waals surface area (Å²) < 4.78 is 62.2. The smallest absolute Gasteiger partial charge is 0.294 e. The van der Waals surface area contributed by atoms with Crippen molar-refractivity contribution in [1.29, 1.82) is 0 Å². The van der Waals surface area contributed by atoms with Crippen molar-refractivity contribution >= 4 is 20.2 Å². The van der Waals surface area contributed by atoms with Gasteiger partial charge in [0.05, 0.1) is 9.79 Å². The highest BCUT2D eigenvalue weighted by molar-refractivity contribution is 7.86. The van der Waals surface area contributed by atoms with Crippen LogP contribution in [-0.2, 0) is 26.7 Å². The minimum absolute atomic E-state index is 0.0677. The Morgan fingerprint density at radius 3 is 1.89 bits per heavy atom. The van der Waals surface area contributed by atoms with E-state index < -0.39 is 30.0 Å². The van der Waals surface area contributed by atoms with E-state index in [2.05, 4.69) is 0 Å². The number of aliphatic hydroxyl groups is 1. The first kappa shape index (κ1) is 15.1. The van der Waals surface area contributed by atoms with E-state index in [0.29, 0.717) is 6.07 Å². The zero-order valence-corrected chi connectivity index (χ0v) is 11.0. The fourth-order valence-corrected chi connectivity index (χ4v) is 3.13. The second kappa shape index (κ2) is 4.94. The van der Waals surface area contributed by atoms with E-state index in [1.165, 1.54) is 13.0 Å². The van der Waals surface area contributed by atoms with Crippen LogP contribution in [0.25, 0.3) is 0 Å². The minimum Gasteiger partial charge on any atom is -0.396 e. The normalized spacial score (nSPS) is 12.7. The van der Waals surface area contributed by atoms with E-state index in [-0.39, 0.29) is 24.2 Å². The second-order valence-electron chi connectivity index (χ2n) is 3.65. The maximum Gasteiger partial charge on any atom is 0.294 e. The summed E-state index contributed by atoms with van der Waals surface area (Å²) in [6.45, 7) is 0.991. The molecule has 0 heterocycles. The Morgan fingerprint density at radius 2 is 1.50 bits per heavy atom. The fraction of sp³-hybridized carbons (Fsp3) is 0.333. The molecular formula is C9H12O7S2. The number of hydrogen-bond acceptors (Lipinski definition) is 5. The van der Waals surface area contributed by atoms with Crippen LogP contribution in [0.4, 0.5) is 0 Å². The molecule has 0 spiro atoms. The lowest BCUT2D eigenvalue weighted by atomic mass is 10.1. The molecule has 0 aromatic heterocycles. The van der Waals surface area contributed by atoms with Crippen LogP contribution in [0.2, 0.25) is 0 Å². The molecule has 0 aliphatic rings. The third kappa shape index (κ3) is 3.27. The maximum absolute atomic E-state index is 11.1. The maximum atomic E-state index is 11.1. The number of hydrogen-bond donors (Lipinski definition) is 3. The topological polar surface area (TPSA) is 129 Å². The largest absolute Gasteiger partial charge is 0.396 e. The molecule has 0 atom stereocenters. The van der Waals surface area contributed by atoms with Crippen LogP contribution in [0.15, 0.2) is 21.9 Å². The average Bonchev–Trinajstić information content (AvgIpc) is 2.13. The number of aryl methyl sites for hydroxylation is 1. The van der Waals surface area contributed by atoms with E-state index in [1.807, 2.05) is 0 Å². The number of rotatable bonds is 4. The summed E-state index contributed by atoms with van der Waals surface area (Å²) in [5.41, 5.74) is 0.193. The standard InChI is InChI=1S/C9H12O7S2/c1-6-4-7(2-3-10)9(18(14,15)16)5-8(6)17(11,12)13/h4-5,10H,2-3H2,1H3,(H,11,12,13)(H,14,15,16). The van der Waals surface area contributed by atoms with Gasteiger partial charge < -0.3 is 5.11 Å². The van der Waals surface area contributed by atoms with Crippen molar-refractivity contribution in [2.45, 2.75) is 23.1 Å². The van der Waals surface area contributed by atoms with Gasteiger partial charge >= 0.3 is 0 Å². The molecule has 3 N–H and O–H groups in total. The van der Waals surface area contributed by atoms with Gasteiger partial charge in [0.2, 0.25) is 0 Å². The molecule has 0 saturated carbocycles. The monoisotopic (exact) mass is 296 g/mol. The Morgan fingerprint density at radius 1 is 1.00 bits per heavy atom. The molecule has 0 saturated heterocycles. The lowest BCUT2D eigenvalue weighted by molar-refractivity contribution is 0.298. The van der Waals surface area contributed by atoms with Crippen LogP contribution in [0.5, 0.6) is 0 Å². The summed E-state index contributed by atoms with van der Waals surface area (Å²) >= 11 is 0. The van der Waals surface area contributed by atoms with E-state index in [1.54, 1.807) is 0 Å². The van der Waals surface area contributed by atoms with Gasteiger partial charge in [0.25, 0.3) is 20.2 Å². The molecule has 1 rings (SSSR count). The highest BCUT2D eigenvalue weighted by Crippen LogP contribution is 2.24. The van der Waals surface area contributed by atoms with Gasteiger partial charge in [0.15, 0.2) is 0 Å². The Balaban J connectivity index is 3.67. The molecule has 0 aliphatic heterocycles. The molecule has 18 heavy (non-hydrogen) atoms. The molecule has 1 aromatic rings. The lowest BCUT2D eigenvalue weighted by Gasteiger charge is -2.10. The quantitative estimate of drug-likeness (QED) is 0.668. The molecule has 0 bridgehead atoms. The summed E-state index contributed by atoms with van der Waals surface area (Å²) in [5, 5.41) is 8.79. The molecule has 0 radical (unpaired) electrons. The summed E-state index contributed by atoms with van der Waals surface area (Å²) in [6.07, 6.45) is -0.0677. The van der Waals surface area contributed by atoms with E-state index in [0.717, 1.165) is 0 Å². The van der Waals surface area contributed by atoms with Gasteiger partial charge in [-0.25, -0.2) is 0 Å². The summed E-state index contributed by atoms with van der Waals surface area (Å²) in [4.78, 5) is -1.24. The van der Waals surface area contributed by atoms with Crippen LogP contribution in [0, 0.1) is 6.92 Å². The highest BCUT2D eigenvalue weighted by atomic mass is 32.2. The summed E-state index contributed by atoms with van der Waals surface area (Å²) in [5.74, 6) is 0.